The van der Waals surface area contributed by atoms with Crippen LogP contribution in [0.1, 0.15) is 37.7 Å². The van der Waals surface area contributed by atoms with E-state index in [1.165, 1.54) is 44.2 Å². The van der Waals surface area contributed by atoms with Crippen LogP contribution in [0.25, 0.3) is 0 Å². The van der Waals surface area contributed by atoms with Crippen LogP contribution in [0.2, 0.25) is 0 Å². The fourth-order valence-electron chi connectivity index (χ4n) is 3.85. The van der Waals surface area contributed by atoms with Gasteiger partial charge in [-0.05, 0) is 37.2 Å². The third kappa shape index (κ3) is 3.94. The van der Waals surface area contributed by atoms with Gasteiger partial charge in [-0.3, -0.25) is 9.67 Å². The van der Waals surface area contributed by atoms with Gasteiger partial charge in [-0.15, -0.1) is 24.0 Å². The predicted octanol–water partition coefficient (Wildman–Crippen LogP) is 2.65. The van der Waals surface area contributed by atoms with Crippen molar-refractivity contribution in [1.29, 1.82) is 0 Å². The highest BCUT2D eigenvalue weighted by Crippen LogP contribution is 2.45. The molecule has 0 radical (unpaired) electrons. The van der Waals surface area contributed by atoms with Crippen molar-refractivity contribution in [2.24, 2.45) is 10.4 Å². The molecule has 5 nitrogen and oxygen atoms in total. The molecule has 22 heavy (non-hydrogen) atoms. The van der Waals surface area contributed by atoms with Crippen LogP contribution in [-0.4, -0.2) is 47.3 Å². The standard InChI is InChI=1S/C16H27N5.HI/c1-14-11-19-21(12-14)10-8-18-15(17-2)20-9-7-16(13-20)5-3-4-6-16;/h11-12H,3-10,13H2,1-2H3,(H,17,18);1H. The van der Waals surface area contributed by atoms with Crippen LogP contribution in [-0.2, 0) is 6.54 Å². The Morgan fingerprint density at radius 1 is 1.36 bits per heavy atom. The van der Waals surface area contributed by atoms with Crippen LogP contribution in [0.5, 0.6) is 0 Å². The zero-order chi connectivity index (χ0) is 14.7. The van der Waals surface area contributed by atoms with Crippen LogP contribution in [0.4, 0.5) is 0 Å². The molecule has 1 N–H and O–H groups in total. The second-order valence-corrected chi connectivity index (χ2v) is 6.63. The largest absolute Gasteiger partial charge is 0.354 e. The van der Waals surface area contributed by atoms with Gasteiger partial charge in [0, 0.05) is 32.9 Å². The first kappa shape index (κ1) is 17.6. The Morgan fingerprint density at radius 3 is 2.77 bits per heavy atom. The third-order valence-electron chi connectivity index (χ3n) is 5.00. The molecule has 0 atom stereocenters. The first-order valence-corrected chi connectivity index (χ1v) is 8.15. The van der Waals surface area contributed by atoms with E-state index in [1.54, 1.807) is 0 Å². The van der Waals surface area contributed by atoms with E-state index in [0.717, 1.165) is 25.6 Å². The maximum Gasteiger partial charge on any atom is 0.193 e. The van der Waals surface area contributed by atoms with Crippen LogP contribution >= 0.6 is 24.0 Å². The molecule has 1 aromatic heterocycles. The van der Waals surface area contributed by atoms with E-state index in [1.807, 2.05) is 17.9 Å². The van der Waals surface area contributed by atoms with E-state index in [9.17, 15) is 0 Å². The van der Waals surface area contributed by atoms with Crippen molar-refractivity contribution in [1.82, 2.24) is 20.0 Å². The molecule has 1 aliphatic carbocycles. The van der Waals surface area contributed by atoms with Gasteiger partial charge in [0.25, 0.3) is 0 Å². The molecule has 1 aliphatic heterocycles. The summed E-state index contributed by atoms with van der Waals surface area (Å²) in [5.41, 5.74) is 1.80. The Hall–Kier alpha value is -0.790. The average Bonchev–Trinajstić information content (AvgIpc) is 3.19. The molecular formula is C16H28IN5. The molecule has 2 aliphatic rings. The Bertz CT molecular complexity index is 504. The van der Waals surface area contributed by atoms with Crippen molar-refractivity contribution >= 4 is 29.9 Å². The number of nitrogens with zero attached hydrogens (tertiary/aromatic N) is 4. The summed E-state index contributed by atoms with van der Waals surface area (Å²) in [5, 5.41) is 7.81. The monoisotopic (exact) mass is 417 g/mol. The van der Waals surface area contributed by atoms with E-state index < -0.39 is 0 Å². The smallest absolute Gasteiger partial charge is 0.193 e. The van der Waals surface area contributed by atoms with Crippen molar-refractivity contribution in [3.63, 3.8) is 0 Å². The van der Waals surface area contributed by atoms with Gasteiger partial charge in [-0.1, -0.05) is 12.8 Å². The molecule has 2 heterocycles. The number of aromatic nitrogens is 2. The molecule has 1 spiro atoms. The van der Waals surface area contributed by atoms with E-state index in [-0.39, 0.29) is 24.0 Å². The maximum atomic E-state index is 4.46. The van der Waals surface area contributed by atoms with E-state index in [2.05, 4.69) is 33.4 Å². The lowest BCUT2D eigenvalue weighted by atomic mass is 9.86. The summed E-state index contributed by atoms with van der Waals surface area (Å²) in [5.74, 6) is 1.06. The highest BCUT2D eigenvalue weighted by atomic mass is 127. The minimum Gasteiger partial charge on any atom is -0.354 e. The fourth-order valence-corrected chi connectivity index (χ4v) is 3.85. The number of hydrogen-bond donors (Lipinski definition) is 1. The second kappa shape index (κ2) is 7.66. The van der Waals surface area contributed by atoms with Crippen LogP contribution in [0.15, 0.2) is 17.4 Å². The lowest BCUT2D eigenvalue weighted by Crippen LogP contribution is -2.42. The van der Waals surface area contributed by atoms with Crippen molar-refractivity contribution in [3.05, 3.63) is 18.0 Å². The highest BCUT2D eigenvalue weighted by Gasteiger charge is 2.40. The van der Waals surface area contributed by atoms with Gasteiger partial charge < -0.3 is 10.2 Å². The minimum atomic E-state index is 0. The Labute approximate surface area is 150 Å². The summed E-state index contributed by atoms with van der Waals surface area (Å²) >= 11 is 0. The molecule has 1 aromatic rings. The number of hydrogen-bond acceptors (Lipinski definition) is 2. The van der Waals surface area contributed by atoms with Crippen LogP contribution in [0, 0.1) is 12.3 Å². The van der Waals surface area contributed by atoms with Crippen LogP contribution < -0.4 is 5.32 Å². The van der Waals surface area contributed by atoms with Crippen molar-refractivity contribution in [2.45, 2.75) is 45.6 Å². The van der Waals surface area contributed by atoms with Gasteiger partial charge >= 0.3 is 0 Å². The summed E-state index contributed by atoms with van der Waals surface area (Å²) < 4.78 is 1.98. The Morgan fingerprint density at radius 2 is 2.14 bits per heavy atom. The normalized spacial score (nSPS) is 20.5. The SMILES string of the molecule is CN=C(NCCn1cc(C)cn1)N1CCC2(CCCC2)C1.I. The number of aryl methyl sites for hydroxylation is 1. The first-order chi connectivity index (χ1) is 10.2. The minimum absolute atomic E-state index is 0. The second-order valence-electron chi connectivity index (χ2n) is 6.63. The van der Waals surface area contributed by atoms with E-state index in [0.29, 0.717) is 5.41 Å². The van der Waals surface area contributed by atoms with E-state index >= 15 is 0 Å². The summed E-state index contributed by atoms with van der Waals surface area (Å²) in [4.78, 5) is 6.91. The predicted molar refractivity (Wildman–Crippen MR) is 101 cm³/mol. The molecule has 124 valence electrons. The molecule has 2 fully saturated rings. The van der Waals surface area contributed by atoms with Gasteiger partial charge in [0.1, 0.15) is 0 Å². The number of aliphatic imine (C=N–C) groups is 1. The number of nitrogens with one attached hydrogen (secondary N) is 1. The zero-order valence-electron chi connectivity index (χ0n) is 13.7. The third-order valence-corrected chi connectivity index (χ3v) is 5.00. The number of likely N-dealkylation sites (tertiary alicyclic amines) is 1. The van der Waals surface area contributed by atoms with Gasteiger partial charge in [0.2, 0.25) is 0 Å². The molecule has 0 aromatic carbocycles. The van der Waals surface area contributed by atoms with Gasteiger partial charge in [0.05, 0.1) is 12.7 Å². The lowest BCUT2D eigenvalue weighted by molar-refractivity contribution is 0.309. The average molecular weight is 417 g/mol. The molecular weight excluding hydrogens is 389 g/mol. The van der Waals surface area contributed by atoms with Crippen molar-refractivity contribution in [3.8, 4) is 0 Å². The number of guanidine groups is 1. The van der Waals surface area contributed by atoms with Crippen molar-refractivity contribution in [2.75, 3.05) is 26.7 Å². The number of halogens is 1. The van der Waals surface area contributed by atoms with Crippen LogP contribution in [0.3, 0.4) is 0 Å². The Balaban J connectivity index is 0.00000176. The van der Waals surface area contributed by atoms with Gasteiger partial charge in [-0.2, -0.15) is 5.10 Å². The van der Waals surface area contributed by atoms with Crippen molar-refractivity contribution < 1.29 is 0 Å². The Kier molecular flexibility index (Phi) is 6.11. The van der Waals surface area contributed by atoms with Gasteiger partial charge in [-0.25, -0.2) is 0 Å². The molecule has 0 bridgehead atoms. The molecule has 0 amide bonds. The summed E-state index contributed by atoms with van der Waals surface area (Å²) in [6.45, 7) is 6.17. The maximum absolute atomic E-state index is 4.46. The highest BCUT2D eigenvalue weighted by molar-refractivity contribution is 14.0. The summed E-state index contributed by atoms with van der Waals surface area (Å²) in [6.07, 6.45) is 11.0. The molecule has 3 rings (SSSR count). The lowest BCUT2D eigenvalue weighted by Gasteiger charge is -2.25. The summed E-state index contributed by atoms with van der Waals surface area (Å²) in [7, 11) is 1.89. The molecule has 1 saturated heterocycles. The topological polar surface area (TPSA) is 45.5 Å². The molecule has 1 saturated carbocycles. The summed E-state index contributed by atoms with van der Waals surface area (Å²) in [6, 6.07) is 0. The van der Waals surface area contributed by atoms with Gasteiger partial charge in [0.15, 0.2) is 5.96 Å². The zero-order valence-corrected chi connectivity index (χ0v) is 16.0. The van der Waals surface area contributed by atoms with E-state index in [4.69, 9.17) is 0 Å². The quantitative estimate of drug-likeness (QED) is 0.467. The molecule has 6 heteroatoms. The first-order valence-electron chi connectivity index (χ1n) is 8.15. The molecule has 0 unspecified atom stereocenters. The number of rotatable bonds is 3. The fraction of sp³-hybridized carbons (Fsp3) is 0.750.